The van der Waals surface area contributed by atoms with E-state index in [1.165, 1.54) is 44.9 Å². The molecule has 1 atom stereocenters. The first-order valence-electron chi connectivity index (χ1n) is 10.3. The van der Waals surface area contributed by atoms with E-state index in [1.807, 2.05) is 24.3 Å². The number of phenolic OH excluding ortho intramolecular Hbond substituents is 1. The van der Waals surface area contributed by atoms with Crippen molar-refractivity contribution in [1.82, 2.24) is 5.43 Å². The number of nitrogens with one attached hydrogen (secondary N) is 1. The second-order valence-corrected chi connectivity index (χ2v) is 8.01. The van der Waals surface area contributed by atoms with Crippen LogP contribution < -0.4 is 5.43 Å². The van der Waals surface area contributed by atoms with Crippen LogP contribution in [0.15, 0.2) is 41.5 Å². The van der Waals surface area contributed by atoms with Crippen LogP contribution in [0.25, 0.3) is 10.8 Å². The molecule has 0 radical (unpaired) electrons. The number of carbonyl (C=O) groups excluding carboxylic acids is 1. The summed E-state index contributed by atoms with van der Waals surface area (Å²) in [5.74, 6) is 0.908. The van der Waals surface area contributed by atoms with E-state index in [1.54, 1.807) is 12.1 Å². The number of fused-ring (bicyclic) bond motifs is 1. The minimum absolute atomic E-state index is 0.00104. The Morgan fingerprint density at radius 3 is 2.44 bits per heavy atom. The zero-order chi connectivity index (χ0) is 18.6. The molecule has 4 heteroatoms. The van der Waals surface area contributed by atoms with Gasteiger partial charge in [-0.25, -0.2) is 5.43 Å². The molecule has 0 bridgehead atoms. The van der Waals surface area contributed by atoms with E-state index in [0.29, 0.717) is 5.92 Å². The van der Waals surface area contributed by atoms with E-state index in [-0.39, 0.29) is 17.2 Å². The maximum Gasteiger partial charge on any atom is 0.275 e. The molecule has 4 rings (SSSR count). The Bertz CT molecular complexity index is 853. The van der Waals surface area contributed by atoms with Crippen molar-refractivity contribution >= 4 is 22.4 Å². The second-order valence-electron chi connectivity index (χ2n) is 8.01. The molecular formula is C23H28N2O2. The fraction of sp³-hybridized carbons (Fsp3) is 0.478. The fourth-order valence-electron chi connectivity index (χ4n) is 4.80. The lowest BCUT2D eigenvalue weighted by molar-refractivity contribution is 0.0951. The van der Waals surface area contributed by atoms with Crippen molar-refractivity contribution < 1.29 is 9.90 Å². The number of rotatable bonds is 3. The zero-order valence-corrected chi connectivity index (χ0v) is 15.8. The third-order valence-corrected chi connectivity index (χ3v) is 6.25. The molecule has 0 heterocycles. The van der Waals surface area contributed by atoms with Gasteiger partial charge in [-0.15, -0.1) is 0 Å². The highest BCUT2D eigenvalue weighted by molar-refractivity contribution is 6.02. The lowest BCUT2D eigenvalue weighted by atomic mass is 9.72. The third-order valence-electron chi connectivity index (χ3n) is 6.25. The summed E-state index contributed by atoms with van der Waals surface area (Å²) < 4.78 is 0. The molecule has 0 aromatic heterocycles. The molecule has 2 fully saturated rings. The fourth-order valence-corrected chi connectivity index (χ4v) is 4.80. The molecule has 0 unspecified atom stereocenters. The predicted molar refractivity (Wildman–Crippen MR) is 109 cm³/mol. The highest BCUT2D eigenvalue weighted by Gasteiger charge is 2.30. The maximum absolute atomic E-state index is 12.7. The van der Waals surface area contributed by atoms with Crippen LogP contribution in [0, 0.1) is 11.8 Å². The molecule has 2 saturated carbocycles. The number of aromatic hydroxyl groups is 1. The SMILES string of the molecule is O=C(N/N=C1/CCCC[C@@H]1C1CCCCC1)c1cc2ccccc2cc1O. The standard InChI is InChI=1S/C23H28N2O2/c26-22-15-18-11-5-4-10-17(18)14-20(22)23(27)25-24-21-13-7-6-12-19(21)16-8-2-1-3-9-16/h4-5,10-11,14-16,19,26H,1-3,6-9,12-13H2,(H,25,27)/b24-21-/t19-/m1/s1. The van der Waals surface area contributed by atoms with Crippen LogP contribution in [-0.4, -0.2) is 16.7 Å². The van der Waals surface area contributed by atoms with Gasteiger partial charge in [0.2, 0.25) is 0 Å². The summed E-state index contributed by atoms with van der Waals surface area (Å²) in [4.78, 5) is 12.7. The van der Waals surface area contributed by atoms with Gasteiger partial charge in [-0.2, -0.15) is 5.10 Å². The number of carbonyl (C=O) groups is 1. The summed E-state index contributed by atoms with van der Waals surface area (Å²) in [5.41, 5.74) is 4.17. The number of hydrogen-bond acceptors (Lipinski definition) is 3. The van der Waals surface area contributed by atoms with Crippen LogP contribution in [0.1, 0.15) is 68.1 Å². The molecule has 2 aromatic rings. The number of hydrogen-bond donors (Lipinski definition) is 2. The Kier molecular flexibility index (Phi) is 5.42. The number of phenols is 1. The first-order valence-corrected chi connectivity index (χ1v) is 10.3. The van der Waals surface area contributed by atoms with Gasteiger partial charge in [0.15, 0.2) is 0 Å². The molecule has 142 valence electrons. The molecule has 0 aliphatic heterocycles. The van der Waals surface area contributed by atoms with E-state index in [2.05, 4.69) is 10.5 Å². The van der Waals surface area contributed by atoms with Crippen molar-refractivity contribution in [3.8, 4) is 5.75 Å². The second kappa shape index (κ2) is 8.12. The van der Waals surface area contributed by atoms with Gasteiger partial charge in [-0.05, 0) is 60.9 Å². The van der Waals surface area contributed by atoms with Crippen LogP contribution in [0.2, 0.25) is 0 Å². The van der Waals surface area contributed by atoms with Crippen molar-refractivity contribution in [3.63, 3.8) is 0 Å². The highest BCUT2D eigenvalue weighted by Crippen LogP contribution is 2.37. The van der Waals surface area contributed by atoms with Crippen LogP contribution in [0.5, 0.6) is 5.75 Å². The molecule has 0 saturated heterocycles. The molecule has 27 heavy (non-hydrogen) atoms. The first-order chi connectivity index (χ1) is 13.2. The van der Waals surface area contributed by atoms with Gasteiger partial charge in [0, 0.05) is 11.6 Å². The molecule has 0 spiro atoms. The van der Waals surface area contributed by atoms with Gasteiger partial charge in [0.25, 0.3) is 5.91 Å². The Morgan fingerprint density at radius 1 is 0.963 bits per heavy atom. The van der Waals surface area contributed by atoms with Gasteiger partial charge >= 0.3 is 0 Å². The van der Waals surface area contributed by atoms with Gasteiger partial charge in [-0.3, -0.25) is 4.79 Å². The van der Waals surface area contributed by atoms with Crippen LogP contribution >= 0.6 is 0 Å². The quantitative estimate of drug-likeness (QED) is 0.716. The largest absolute Gasteiger partial charge is 0.507 e. The Hall–Kier alpha value is -2.36. The molecule has 2 N–H and O–H groups in total. The monoisotopic (exact) mass is 364 g/mol. The predicted octanol–water partition coefficient (Wildman–Crippen LogP) is 5.40. The summed E-state index contributed by atoms with van der Waals surface area (Å²) in [6.45, 7) is 0. The first kappa shape index (κ1) is 18.0. The molecule has 1 amide bonds. The van der Waals surface area contributed by atoms with Crippen LogP contribution in [-0.2, 0) is 0 Å². The number of hydrazone groups is 1. The number of benzene rings is 2. The van der Waals surface area contributed by atoms with Gasteiger partial charge < -0.3 is 5.11 Å². The van der Waals surface area contributed by atoms with E-state index in [4.69, 9.17) is 0 Å². The smallest absolute Gasteiger partial charge is 0.275 e. The molecule has 2 aromatic carbocycles. The average Bonchev–Trinajstić information content (AvgIpc) is 2.72. The minimum atomic E-state index is -0.335. The summed E-state index contributed by atoms with van der Waals surface area (Å²) in [6, 6.07) is 11.1. The van der Waals surface area contributed by atoms with Gasteiger partial charge in [0.1, 0.15) is 5.75 Å². The highest BCUT2D eigenvalue weighted by atomic mass is 16.3. The van der Waals surface area contributed by atoms with Crippen molar-refractivity contribution in [2.45, 2.75) is 57.8 Å². The Labute approximate surface area is 160 Å². The molecular weight excluding hydrogens is 336 g/mol. The molecule has 2 aliphatic rings. The third kappa shape index (κ3) is 4.00. The van der Waals surface area contributed by atoms with Gasteiger partial charge in [-0.1, -0.05) is 49.9 Å². The summed E-state index contributed by atoms with van der Waals surface area (Å²) in [6.07, 6.45) is 11.2. The topological polar surface area (TPSA) is 61.7 Å². The van der Waals surface area contributed by atoms with E-state index < -0.39 is 0 Å². The van der Waals surface area contributed by atoms with Crippen LogP contribution in [0.3, 0.4) is 0 Å². The van der Waals surface area contributed by atoms with Crippen molar-refractivity contribution in [1.29, 1.82) is 0 Å². The maximum atomic E-state index is 12.7. The van der Waals surface area contributed by atoms with Gasteiger partial charge in [0.05, 0.1) is 5.56 Å². The van der Waals surface area contributed by atoms with E-state index >= 15 is 0 Å². The molecule has 4 nitrogen and oxygen atoms in total. The van der Waals surface area contributed by atoms with Crippen molar-refractivity contribution in [3.05, 3.63) is 42.0 Å². The molecule has 2 aliphatic carbocycles. The van der Waals surface area contributed by atoms with Crippen molar-refractivity contribution in [2.24, 2.45) is 16.9 Å². The van der Waals surface area contributed by atoms with E-state index in [0.717, 1.165) is 35.2 Å². The summed E-state index contributed by atoms with van der Waals surface area (Å²) in [5, 5.41) is 16.7. The summed E-state index contributed by atoms with van der Waals surface area (Å²) in [7, 11) is 0. The summed E-state index contributed by atoms with van der Waals surface area (Å²) >= 11 is 0. The Morgan fingerprint density at radius 2 is 1.67 bits per heavy atom. The Balaban J connectivity index is 1.52. The minimum Gasteiger partial charge on any atom is -0.507 e. The van der Waals surface area contributed by atoms with E-state index in [9.17, 15) is 9.90 Å². The zero-order valence-electron chi connectivity index (χ0n) is 15.8. The number of nitrogens with zero attached hydrogens (tertiary/aromatic N) is 1. The lowest BCUT2D eigenvalue weighted by Crippen LogP contribution is -2.31. The average molecular weight is 364 g/mol. The van der Waals surface area contributed by atoms with Crippen molar-refractivity contribution in [2.75, 3.05) is 0 Å². The number of amides is 1. The van der Waals surface area contributed by atoms with Crippen LogP contribution in [0.4, 0.5) is 0 Å². The normalized spacial score (nSPS) is 22.8. The lowest BCUT2D eigenvalue weighted by Gasteiger charge is -2.33.